The molecule has 3 N–H and O–H groups in total. The summed E-state index contributed by atoms with van der Waals surface area (Å²) >= 11 is 0. The Morgan fingerprint density at radius 1 is 1.58 bits per heavy atom. The highest BCUT2D eigenvalue weighted by Crippen LogP contribution is 2.17. The number of rotatable bonds is 3. The summed E-state index contributed by atoms with van der Waals surface area (Å²) in [4.78, 5) is 7.38. The minimum absolute atomic E-state index is 0.180. The van der Waals surface area contributed by atoms with Crippen molar-refractivity contribution in [1.82, 2.24) is 15.2 Å². The van der Waals surface area contributed by atoms with Crippen molar-refractivity contribution in [2.24, 2.45) is 10.7 Å². The lowest BCUT2D eigenvalue weighted by molar-refractivity contribution is 0.593. The van der Waals surface area contributed by atoms with Crippen LogP contribution in [0.25, 0.3) is 10.9 Å². The first-order valence-corrected chi connectivity index (χ1v) is 5.34. The van der Waals surface area contributed by atoms with Gasteiger partial charge in [-0.2, -0.15) is 9.49 Å². The fraction of sp³-hybridized carbons (Fsp3) is 0.0833. The van der Waals surface area contributed by atoms with Gasteiger partial charge in [0.2, 0.25) is 5.95 Å². The first-order valence-electron chi connectivity index (χ1n) is 5.34. The maximum Gasteiger partial charge on any atom is 0.238 e. The lowest BCUT2D eigenvalue weighted by Crippen LogP contribution is -1.97. The Hall–Kier alpha value is -2.57. The van der Waals surface area contributed by atoms with E-state index >= 15 is 0 Å². The van der Waals surface area contributed by atoms with Gasteiger partial charge < -0.3 is 5.73 Å². The lowest BCUT2D eigenvalue weighted by atomic mass is 10.2. The van der Waals surface area contributed by atoms with E-state index in [9.17, 15) is 8.78 Å². The number of nitrogens with one attached hydrogen (secondary N) is 1. The summed E-state index contributed by atoms with van der Waals surface area (Å²) in [5, 5.41) is 6.98. The molecule has 0 radical (unpaired) electrons. The summed E-state index contributed by atoms with van der Waals surface area (Å²) < 4.78 is 26.5. The van der Waals surface area contributed by atoms with E-state index in [1.165, 1.54) is 6.20 Å². The molecule has 0 aromatic carbocycles. The van der Waals surface area contributed by atoms with Crippen LogP contribution in [0.1, 0.15) is 12.6 Å². The molecule has 0 saturated carbocycles. The van der Waals surface area contributed by atoms with Crippen LogP contribution in [-0.2, 0) is 0 Å². The molecule has 0 atom stereocenters. The number of hydrogen-bond acceptors (Lipinski definition) is 4. The second kappa shape index (κ2) is 4.97. The molecule has 0 aliphatic carbocycles. The summed E-state index contributed by atoms with van der Waals surface area (Å²) in [5.74, 6) is -1.38. The van der Waals surface area contributed by atoms with E-state index < -0.39 is 11.8 Å². The van der Waals surface area contributed by atoms with Gasteiger partial charge in [-0.05, 0) is 13.0 Å². The predicted octanol–water partition coefficient (Wildman–Crippen LogP) is 2.19. The number of H-pyrrole nitrogens is 1. The molecule has 0 spiro atoms. The molecule has 7 heteroatoms. The fourth-order valence-corrected chi connectivity index (χ4v) is 1.49. The molecule has 0 unspecified atom stereocenters. The minimum atomic E-state index is -0.730. The second-order valence-electron chi connectivity index (χ2n) is 3.81. The number of allylic oxidation sites excluding steroid dienone is 1. The summed E-state index contributed by atoms with van der Waals surface area (Å²) in [6.07, 6.45) is 2.26. The van der Waals surface area contributed by atoms with Gasteiger partial charge >= 0.3 is 0 Å². The molecule has 0 amide bonds. The third-order valence-electron chi connectivity index (χ3n) is 2.46. The van der Waals surface area contributed by atoms with Gasteiger partial charge in [0.05, 0.1) is 17.6 Å². The smallest absolute Gasteiger partial charge is 0.238 e. The normalized spacial score (nSPS) is 13.0. The molecule has 0 fully saturated rings. The van der Waals surface area contributed by atoms with Crippen LogP contribution in [0.2, 0.25) is 0 Å². The highest BCUT2D eigenvalue weighted by molar-refractivity contribution is 6.07. The van der Waals surface area contributed by atoms with Crippen LogP contribution in [-0.4, -0.2) is 20.9 Å². The average molecular weight is 263 g/mol. The monoisotopic (exact) mass is 263 g/mol. The van der Waals surface area contributed by atoms with Crippen LogP contribution in [0, 0.1) is 5.95 Å². The highest BCUT2D eigenvalue weighted by atomic mass is 19.1. The van der Waals surface area contributed by atoms with Crippen molar-refractivity contribution in [3.05, 3.63) is 48.2 Å². The molecule has 2 aromatic rings. The Balaban J connectivity index is 2.45. The van der Waals surface area contributed by atoms with Crippen molar-refractivity contribution < 1.29 is 8.78 Å². The molecule has 0 bridgehead atoms. The first-order chi connectivity index (χ1) is 9.00. The zero-order valence-electron chi connectivity index (χ0n) is 10.1. The number of hydrogen-bond donors (Lipinski definition) is 2. The average Bonchev–Trinajstić information content (AvgIpc) is 2.80. The molecule has 5 nitrogen and oxygen atoms in total. The topological polar surface area (TPSA) is 80.0 Å². The van der Waals surface area contributed by atoms with Crippen molar-refractivity contribution in [2.75, 3.05) is 0 Å². The summed E-state index contributed by atoms with van der Waals surface area (Å²) in [7, 11) is 0. The predicted molar refractivity (Wildman–Crippen MR) is 68.6 cm³/mol. The van der Waals surface area contributed by atoms with E-state index in [-0.39, 0.29) is 11.2 Å². The van der Waals surface area contributed by atoms with Gasteiger partial charge in [-0.1, -0.05) is 6.58 Å². The molecule has 0 saturated heterocycles. The molecule has 2 aromatic heterocycles. The molecule has 2 rings (SSSR count). The number of fused-ring (bicyclic) bond motifs is 1. The van der Waals surface area contributed by atoms with Crippen LogP contribution < -0.4 is 5.73 Å². The Morgan fingerprint density at radius 3 is 3.00 bits per heavy atom. The van der Waals surface area contributed by atoms with E-state index in [0.717, 1.165) is 6.20 Å². The molecule has 0 aliphatic rings. The van der Waals surface area contributed by atoms with Gasteiger partial charge in [0.1, 0.15) is 11.2 Å². The second-order valence-corrected chi connectivity index (χ2v) is 3.81. The molecule has 98 valence electrons. The van der Waals surface area contributed by atoms with Crippen LogP contribution >= 0.6 is 0 Å². The van der Waals surface area contributed by atoms with E-state index in [4.69, 9.17) is 5.73 Å². The zero-order valence-corrected chi connectivity index (χ0v) is 10.1. The van der Waals surface area contributed by atoms with Gasteiger partial charge in [0, 0.05) is 11.6 Å². The number of nitrogens with two attached hydrogens (primary N) is 1. The Kier molecular flexibility index (Phi) is 3.37. The van der Waals surface area contributed by atoms with Crippen LogP contribution in [0.5, 0.6) is 0 Å². The maximum atomic E-state index is 13.4. The van der Waals surface area contributed by atoms with Crippen molar-refractivity contribution in [2.45, 2.75) is 6.92 Å². The van der Waals surface area contributed by atoms with Crippen molar-refractivity contribution in [1.29, 1.82) is 0 Å². The van der Waals surface area contributed by atoms with Crippen molar-refractivity contribution in [3.63, 3.8) is 0 Å². The summed E-state index contributed by atoms with van der Waals surface area (Å²) in [5.41, 5.74) is 5.97. The standard InChI is InChI=1S/C12H11F2N5/c1-6(15)9(13)5-17-7(2)10-8-3-4-16-12(14)11(8)19-18-10/h3-5H,1,15H2,2H3,(H,18,19)/b9-5+,17-7?. The van der Waals surface area contributed by atoms with E-state index in [0.29, 0.717) is 16.8 Å². The maximum absolute atomic E-state index is 13.4. The van der Waals surface area contributed by atoms with Gasteiger partial charge in [0.15, 0.2) is 5.83 Å². The first kappa shape index (κ1) is 12.9. The van der Waals surface area contributed by atoms with Crippen molar-refractivity contribution >= 4 is 16.6 Å². The summed E-state index contributed by atoms with van der Waals surface area (Å²) in [6, 6.07) is 1.60. The van der Waals surface area contributed by atoms with Gasteiger partial charge in [-0.25, -0.2) is 9.37 Å². The van der Waals surface area contributed by atoms with E-state index in [1.807, 2.05) is 0 Å². The fourth-order valence-electron chi connectivity index (χ4n) is 1.49. The quantitative estimate of drug-likeness (QED) is 0.506. The Labute approximate surface area is 107 Å². The molecule has 19 heavy (non-hydrogen) atoms. The highest BCUT2D eigenvalue weighted by Gasteiger charge is 2.11. The third-order valence-corrected chi connectivity index (χ3v) is 2.46. The number of nitrogens with zero attached hydrogens (tertiary/aromatic N) is 3. The largest absolute Gasteiger partial charge is 0.397 e. The van der Waals surface area contributed by atoms with Gasteiger partial charge in [-0.15, -0.1) is 0 Å². The van der Waals surface area contributed by atoms with E-state index in [1.54, 1.807) is 13.0 Å². The molecule has 2 heterocycles. The van der Waals surface area contributed by atoms with E-state index in [2.05, 4.69) is 26.8 Å². The lowest BCUT2D eigenvalue weighted by Gasteiger charge is -1.96. The Morgan fingerprint density at radius 2 is 2.32 bits per heavy atom. The SMILES string of the molecule is C=C(N)/C(F)=C\N=C(C)c1n[nH]c2c(F)nccc12. The van der Waals surface area contributed by atoms with Crippen molar-refractivity contribution in [3.8, 4) is 0 Å². The van der Waals surface area contributed by atoms with Crippen LogP contribution in [0.15, 0.2) is 41.6 Å². The molecule has 0 aliphatic heterocycles. The summed E-state index contributed by atoms with van der Waals surface area (Å²) in [6.45, 7) is 4.86. The van der Waals surface area contributed by atoms with Gasteiger partial charge in [0.25, 0.3) is 0 Å². The number of pyridine rings is 1. The Bertz CT molecular complexity index is 699. The molecular weight excluding hydrogens is 252 g/mol. The van der Waals surface area contributed by atoms with Crippen LogP contribution in [0.3, 0.4) is 0 Å². The number of halogens is 2. The number of aliphatic imine (C=N–C) groups is 1. The third kappa shape index (κ3) is 2.49. The van der Waals surface area contributed by atoms with Crippen LogP contribution in [0.4, 0.5) is 8.78 Å². The number of aromatic amines is 1. The number of aromatic nitrogens is 3. The zero-order chi connectivity index (χ0) is 14.0. The molecular formula is C12H11F2N5. The minimum Gasteiger partial charge on any atom is -0.397 e. The van der Waals surface area contributed by atoms with Gasteiger partial charge in [-0.3, -0.25) is 10.1 Å².